The summed E-state index contributed by atoms with van der Waals surface area (Å²) >= 11 is 1.32. The van der Waals surface area contributed by atoms with E-state index in [1.54, 1.807) is 12.3 Å². The molecule has 23 heavy (non-hydrogen) atoms. The number of pyridine rings is 1. The maximum Gasteiger partial charge on any atom is 0.268 e. The van der Waals surface area contributed by atoms with Crippen molar-refractivity contribution in [3.63, 3.8) is 0 Å². The van der Waals surface area contributed by atoms with Crippen molar-refractivity contribution >= 4 is 28.2 Å². The quantitative estimate of drug-likeness (QED) is 0.751. The first-order valence-corrected chi connectivity index (χ1v) is 8.01. The van der Waals surface area contributed by atoms with E-state index in [9.17, 15) is 4.79 Å². The fourth-order valence-electron chi connectivity index (χ4n) is 2.02. The van der Waals surface area contributed by atoms with Crippen LogP contribution >= 0.6 is 11.3 Å². The van der Waals surface area contributed by atoms with Crippen molar-refractivity contribution in [3.05, 3.63) is 70.9 Å². The van der Waals surface area contributed by atoms with Gasteiger partial charge in [0.2, 0.25) is 0 Å². The zero-order chi connectivity index (χ0) is 16.1. The molecule has 116 valence electrons. The van der Waals surface area contributed by atoms with E-state index in [0.717, 1.165) is 16.4 Å². The number of amides is 1. The van der Waals surface area contributed by atoms with Crippen LogP contribution in [0.15, 0.2) is 54.7 Å². The Morgan fingerprint density at radius 3 is 2.74 bits per heavy atom. The number of nitrogens with one attached hydrogen (secondary N) is 2. The molecule has 0 bridgehead atoms. The van der Waals surface area contributed by atoms with Gasteiger partial charge in [-0.1, -0.05) is 47.7 Å². The van der Waals surface area contributed by atoms with Crippen molar-refractivity contribution in [1.82, 2.24) is 9.97 Å². The lowest BCUT2D eigenvalue weighted by Crippen LogP contribution is -2.11. The van der Waals surface area contributed by atoms with E-state index in [-0.39, 0.29) is 5.91 Å². The van der Waals surface area contributed by atoms with Gasteiger partial charge in [0, 0.05) is 12.2 Å². The van der Waals surface area contributed by atoms with Gasteiger partial charge < -0.3 is 10.6 Å². The van der Waals surface area contributed by atoms with Gasteiger partial charge in [0.15, 0.2) is 5.13 Å². The molecule has 0 aliphatic rings. The van der Waals surface area contributed by atoms with Gasteiger partial charge in [-0.3, -0.25) is 4.79 Å². The average Bonchev–Trinajstić information content (AvgIpc) is 3.03. The van der Waals surface area contributed by atoms with Crippen molar-refractivity contribution < 1.29 is 4.79 Å². The highest BCUT2D eigenvalue weighted by molar-refractivity contribution is 7.17. The molecule has 0 saturated heterocycles. The highest BCUT2D eigenvalue weighted by Gasteiger charge is 2.11. The second-order valence-corrected chi connectivity index (χ2v) is 6.02. The number of carbonyl (C=O) groups excluding carboxylic acids is 1. The van der Waals surface area contributed by atoms with Crippen molar-refractivity contribution in [2.45, 2.75) is 13.5 Å². The van der Waals surface area contributed by atoms with E-state index in [1.165, 1.54) is 11.3 Å². The van der Waals surface area contributed by atoms with Crippen molar-refractivity contribution in [3.8, 4) is 0 Å². The van der Waals surface area contributed by atoms with E-state index in [2.05, 4.69) is 20.6 Å². The number of benzene rings is 1. The third-order valence-electron chi connectivity index (χ3n) is 3.15. The fourth-order valence-corrected chi connectivity index (χ4v) is 2.73. The lowest BCUT2D eigenvalue weighted by atomic mass is 10.2. The molecule has 2 N–H and O–H groups in total. The number of thiazole rings is 1. The molecular formula is C17H16N4OS. The summed E-state index contributed by atoms with van der Waals surface area (Å²) in [5.74, 6) is 0.343. The first-order chi connectivity index (χ1) is 11.2. The van der Waals surface area contributed by atoms with Crippen LogP contribution < -0.4 is 10.6 Å². The zero-order valence-electron chi connectivity index (χ0n) is 12.6. The number of aromatic nitrogens is 2. The summed E-state index contributed by atoms with van der Waals surface area (Å²) in [5, 5.41) is 6.72. The van der Waals surface area contributed by atoms with Gasteiger partial charge in [-0.15, -0.1) is 0 Å². The third kappa shape index (κ3) is 4.14. The van der Waals surface area contributed by atoms with Crippen LogP contribution in [0.5, 0.6) is 0 Å². The Balaban J connectivity index is 1.61. The van der Waals surface area contributed by atoms with Gasteiger partial charge >= 0.3 is 0 Å². The van der Waals surface area contributed by atoms with Gasteiger partial charge in [0.25, 0.3) is 5.91 Å². The van der Waals surface area contributed by atoms with Gasteiger partial charge in [0.1, 0.15) is 10.7 Å². The molecule has 0 atom stereocenters. The number of nitrogens with zero attached hydrogens (tertiary/aromatic N) is 2. The summed E-state index contributed by atoms with van der Waals surface area (Å²) in [4.78, 5) is 21.2. The Morgan fingerprint density at radius 1 is 1.13 bits per heavy atom. The fraction of sp³-hybridized carbons (Fsp3) is 0.118. The maximum atomic E-state index is 12.2. The van der Waals surface area contributed by atoms with Gasteiger partial charge in [-0.2, -0.15) is 0 Å². The van der Waals surface area contributed by atoms with Crippen LogP contribution in [0.2, 0.25) is 0 Å². The number of carbonyl (C=O) groups is 1. The first-order valence-electron chi connectivity index (χ1n) is 7.19. The van der Waals surface area contributed by atoms with Crippen molar-refractivity contribution in [2.75, 3.05) is 10.6 Å². The lowest BCUT2D eigenvalue weighted by Gasteiger charge is -2.03. The topological polar surface area (TPSA) is 66.9 Å². The van der Waals surface area contributed by atoms with Crippen LogP contribution in [-0.4, -0.2) is 15.9 Å². The smallest absolute Gasteiger partial charge is 0.268 e. The van der Waals surface area contributed by atoms with Gasteiger partial charge in [0.05, 0.1) is 6.20 Å². The zero-order valence-corrected chi connectivity index (χ0v) is 13.4. The van der Waals surface area contributed by atoms with Crippen LogP contribution in [0.1, 0.15) is 20.9 Å². The Morgan fingerprint density at radius 2 is 1.96 bits per heavy atom. The van der Waals surface area contributed by atoms with Gasteiger partial charge in [-0.25, -0.2) is 9.97 Å². The number of anilines is 2. The summed E-state index contributed by atoms with van der Waals surface area (Å²) in [6.07, 6.45) is 1.57. The summed E-state index contributed by atoms with van der Waals surface area (Å²) in [6, 6.07) is 15.6. The number of hydrogen-bond acceptors (Lipinski definition) is 5. The molecule has 5 nitrogen and oxygen atoms in total. The first kappa shape index (κ1) is 15.2. The van der Waals surface area contributed by atoms with Crippen LogP contribution in [0.3, 0.4) is 0 Å². The third-order valence-corrected chi connectivity index (χ3v) is 4.10. The molecule has 1 aromatic carbocycles. The SMILES string of the molecule is Cc1cccc(NC(=O)c2cnc(NCc3ccccc3)s2)n1. The van der Waals surface area contributed by atoms with E-state index in [0.29, 0.717) is 17.2 Å². The van der Waals surface area contributed by atoms with E-state index >= 15 is 0 Å². The highest BCUT2D eigenvalue weighted by atomic mass is 32.1. The molecule has 0 radical (unpaired) electrons. The summed E-state index contributed by atoms with van der Waals surface area (Å²) in [6.45, 7) is 2.56. The Bertz CT molecular complexity index is 801. The second-order valence-electron chi connectivity index (χ2n) is 4.99. The molecule has 1 amide bonds. The van der Waals surface area contributed by atoms with Crippen molar-refractivity contribution in [1.29, 1.82) is 0 Å². The standard InChI is InChI=1S/C17H16N4OS/c1-12-6-5-9-15(20-12)21-16(22)14-11-19-17(23-14)18-10-13-7-3-2-4-8-13/h2-9,11H,10H2,1H3,(H,18,19)(H,20,21,22). The second kappa shape index (κ2) is 7.02. The van der Waals surface area contributed by atoms with Crippen LogP contribution in [-0.2, 0) is 6.54 Å². The highest BCUT2D eigenvalue weighted by Crippen LogP contribution is 2.20. The minimum atomic E-state index is -0.201. The molecule has 0 aliphatic heterocycles. The molecule has 6 heteroatoms. The van der Waals surface area contributed by atoms with Crippen LogP contribution in [0, 0.1) is 6.92 Å². The monoisotopic (exact) mass is 324 g/mol. The molecule has 0 fully saturated rings. The summed E-state index contributed by atoms with van der Waals surface area (Å²) in [5.41, 5.74) is 2.02. The Kier molecular flexibility index (Phi) is 4.63. The molecule has 0 saturated carbocycles. The number of aryl methyl sites for hydroxylation is 1. The average molecular weight is 324 g/mol. The molecule has 3 rings (SSSR count). The van der Waals surface area contributed by atoms with Gasteiger partial charge in [-0.05, 0) is 24.6 Å². The molecule has 0 unspecified atom stereocenters. The predicted octanol–water partition coefficient (Wildman–Crippen LogP) is 3.71. The van der Waals surface area contributed by atoms with Crippen molar-refractivity contribution in [2.24, 2.45) is 0 Å². The molecular weight excluding hydrogens is 308 g/mol. The Hall–Kier alpha value is -2.73. The maximum absolute atomic E-state index is 12.2. The molecule has 2 heterocycles. The molecule has 0 spiro atoms. The van der Waals surface area contributed by atoms with E-state index < -0.39 is 0 Å². The minimum Gasteiger partial charge on any atom is -0.357 e. The van der Waals surface area contributed by atoms with Crippen LogP contribution in [0.4, 0.5) is 10.9 Å². The summed E-state index contributed by atoms with van der Waals surface area (Å²) < 4.78 is 0. The lowest BCUT2D eigenvalue weighted by molar-refractivity contribution is 0.103. The van der Waals surface area contributed by atoms with E-state index in [1.807, 2.05) is 49.4 Å². The van der Waals surface area contributed by atoms with Crippen LogP contribution in [0.25, 0.3) is 0 Å². The molecule has 2 aromatic heterocycles. The number of hydrogen-bond donors (Lipinski definition) is 2. The molecule has 0 aliphatic carbocycles. The predicted molar refractivity (Wildman–Crippen MR) is 92.8 cm³/mol. The number of rotatable bonds is 5. The summed E-state index contributed by atoms with van der Waals surface area (Å²) in [7, 11) is 0. The Labute approximate surface area is 138 Å². The molecule has 3 aromatic rings. The largest absolute Gasteiger partial charge is 0.357 e. The van der Waals surface area contributed by atoms with E-state index in [4.69, 9.17) is 0 Å². The minimum absolute atomic E-state index is 0.201. The normalized spacial score (nSPS) is 10.3.